The number of urea groups is 1. The van der Waals surface area contributed by atoms with Gasteiger partial charge in [0, 0.05) is 31.9 Å². The number of nitrogens with one attached hydrogen (secondary N) is 1. The van der Waals surface area contributed by atoms with Crippen LogP contribution >= 0.6 is 11.6 Å². The fourth-order valence-corrected chi connectivity index (χ4v) is 2.88. The van der Waals surface area contributed by atoms with Crippen molar-refractivity contribution in [3.63, 3.8) is 0 Å². The Bertz CT molecular complexity index is 702. The number of nitrogens with zero attached hydrogens (tertiary/aromatic N) is 2. The topological polar surface area (TPSA) is 35.6 Å². The van der Waals surface area contributed by atoms with E-state index in [2.05, 4.69) is 10.2 Å². The first-order chi connectivity index (χ1) is 11.1. The average molecular weight is 334 g/mol. The summed E-state index contributed by atoms with van der Waals surface area (Å²) in [5.41, 5.74) is 1.45. The number of benzene rings is 2. The third-order valence-corrected chi connectivity index (χ3v) is 4.16. The quantitative estimate of drug-likeness (QED) is 0.906. The Balaban J connectivity index is 1.58. The third kappa shape index (κ3) is 3.74. The summed E-state index contributed by atoms with van der Waals surface area (Å²) >= 11 is 6.21. The first kappa shape index (κ1) is 15.6. The molecule has 6 heteroatoms. The molecule has 3 rings (SSSR count). The molecule has 1 aliphatic rings. The minimum absolute atomic E-state index is 0.214. The molecule has 0 unspecified atom stereocenters. The Labute approximate surface area is 139 Å². The van der Waals surface area contributed by atoms with Gasteiger partial charge in [-0.05, 0) is 30.3 Å². The molecular weight excluding hydrogens is 317 g/mol. The predicted molar refractivity (Wildman–Crippen MR) is 90.7 cm³/mol. The van der Waals surface area contributed by atoms with Crippen LogP contribution in [0.2, 0.25) is 5.02 Å². The molecule has 120 valence electrons. The van der Waals surface area contributed by atoms with E-state index in [1.54, 1.807) is 17.0 Å². The summed E-state index contributed by atoms with van der Waals surface area (Å²) in [5.74, 6) is -0.369. The molecule has 1 heterocycles. The molecule has 0 spiro atoms. The Morgan fingerprint density at radius 2 is 1.78 bits per heavy atom. The monoisotopic (exact) mass is 333 g/mol. The summed E-state index contributed by atoms with van der Waals surface area (Å²) in [6.45, 7) is 2.60. The van der Waals surface area contributed by atoms with Crippen molar-refractivity contribution >= 4 is 29.0 Å². The number of piperazine rings is 1. The molecule has 0 saturated carbocycles. The summed E-state index contributed by atoms with van der Waals surface area (Å²) in [4.78, 5) is 16.1. The lowest BCUT2D eigenvalue weighted by molar-refractivity contribution is 0.208. The zero-order chi connectivity index (χ0) is 16.2. The molecule has 2 aromatic carbocycles. The second kappa shape index (κ2) is 6.87. The van der Waals surface area contributed by atoms with Crippen molar-refractivity contribution in [2.75, 3.05) is 36.4 Å². The zero-order valence-electron chi connectivity index (χ0n) is 12.5. The highest BCUT2D eigenvalue weighted by Gasteiger charge is 2.22. The van der Waals surface area contributed by atoms with Gasteiger partial charge in [0.25, 0.3) is 0 Å². The van der Waals surface area contributed by atoms with Crippen LogP contribution in [0.3, 0.4) is 0 Å². The molecule has 0 aromatic heterocycles. The van der Waals surface area contributed by atoms with Crippen molar-refractivity contribution in [1.29, 1.82) is 0 Å². The SMILES string of the molecule is O=C(Nc1cccc(F)c1)N1CCN(c2ccccc2Cl)CC1. The molecule has 1 N–H and O–H groups in total. The van der Waals surface area contributed by atoms with Gasteiger partial charge < -0.3 is 15.1 Å². The van der Waals surface area contributed by atoms with E-state index in [9.17, 15) is 9.18 Å². The molecule has 2 amide bonds. The minimum Gasteiger partial charge on any atom is -0.367 e. The molecule has 0 radical (unpaired) electrons. The van der Waals surface area contributed by atoms with Gasteiger partial charge >= 0.3 is 6.03 Å². The van der Waals surface area contributed by atoms with Crippen molar-refractivity contribution in [3.05, 3.63) is 59.4 Å². The fraction of sp³-hybridized carbons (Fsp3) is 0.235. The highest BCUT2D eigenvalue weighted by molar-refractivity contribution is 6.33. The van der Waals surface area contributed by atoms with E-state index >= 15 is 0 Å². The number of hydrogen-bond donors (Lipinski definition) is 1. The van der Waals surface area contributed by atoms with Crippen LogP contribution in [0.4, 0.5) is 20.6 Å². The maximum Gasteiger partial charge on any atom is 0.321 e. The minimum atomic E-state index is -0.369. The van der Waals surface area contributed by atoms with Gasteiger partial charge in [-0.1, -0.05) is 29.8 Å². The summed E-state index contributed by atoms with van der Waals surface area (Å²) in [6, 6.07) is 13.4. The molecule has 0 bridgehead atoms. The van der Waals surface area contributed by atoms with Gasteiger partial charge in [0.15, 0.2) is 0 Å². The van der Waals surface area contributed by atoms with Gasteiger partial charge in [-0.25, -0.2) is 9.18 Å². The lowest BCUT2D eigenvalue weighted by Crippen LogP contribution is -2.50. The molecule has 4 nitrogen and oxygen atoms in total. The van der Waals surface area contributed by atoms with E-state index < -0.39 is 0 Å². The van der Waals surface area contributed by atoms with Crippen LogP contribution in [0, 0.1) is 5.82 Å². The Morgan fingerprint density at radius 1 is 1.04 bits per heavy atom. The van der Waals surface area contributed by atoms with Crippen LogP contribution in [0.25, 0.3) is 0 Å². The third-order valence-electron chi connectivity index (χ3n) is 3.84. The van der Waals surface area contributed by atoms with Gasteiger partial charge in [-0.15, -0.1) is 0 Å². The molecule has 1 saturated heterocycles. The van der Waals surface area contributed by atoms with Crippen molar-refractivity contribution in [1.82, 2.24) is 4.90 Å². The summed E-state index contributed by atoms with van der Waals surface area (Å²) < 4.78 is 13.2. The van der Waals surface area contributed by atoms with E-state index in [0.29, 0.717) is 36.9 Å². The number of carbonyl (C=O) groups excluding carboxylic acids is 1. The van der Waals surface area contributed by atoms with Crippen LogP contribution in [-0.4, -0.2) is 37.1 Å². The van der Waals surface area contributed by atoms with E-state index in [4.69, 9.17) is 11.6 Å². The highest BCUT2D eigenvalue weighted by atomic mass is 35.5. The maximum absolute atomic E-state index is 13.2. The van der Waals surface area contributed by atoms with E-state index in [-0.39, 0.29) is 11.8 Å². The Kier molecular flexibility index (Phi) is 4.67. The number of amides is 2. The number of hydrogen-bond acceptors (Lipinski definition) is 2. The standard InChI is InChI=1S/C17H17ClFN3O/c18-15-6-1-2-7-16(15)21-8-10-22(11-9-21)17(23)20-14-5-3-4-13(19)12-14/h1-7,12H,8-11H2,(H,20,23). The largest absolute Gasteiger partial charge is 0.367 e. The maximum atomic E-state index is 13.2. The average Bonchev–Trinajstić information content (AvgIpc) is 2.55. The van der Waals surface area contributed by atoms with Crippen LogP contribution in [0.15, 0.2) is 48.5 Å². The van der Waals surface area contributed by atoms with Gasteiger partial charge in [-0.3, -0.25) is 0 Å². The number of anilines is 2. The second-order valence-electron chi connectivity index (χ2n) is 5.37. The second-order valence-corrected chi connectivity index (χ2v) is 5.77. The molecular formula is C17H17ClFN3O. The molecule has 0 aliphatic carbocycles. The van der Waals surface area contributed by atoms with Gasteiger partial charge in [0.2, 0.25) is 0 Å². The van der Waals surface area contributed by atoms with Crippen LogP contribution in [0.5, 0.6) is 0 Å². The molecule has 0 atom stereocenters. The van der Waals surface area contributed by atoms with Gasteiger partial charge in [0.1, 0.15) is 5.82 Å². The molecule has 23 heavy (non-hydrogen) atoms. The Morgan fingerprint density at radius 3 is 2.48 bits per heavy atom. The van der Waals surface area contributed by atoms with Gasteiger partial charge in [-0.2, -0.15) is 0 Å². The Hall–Kier alpha value is -2.27. The number of carbonyl (C=O) groups is 1. The first-order valence-electron chi connectivity index (χ1n) is 7.44. The van der Waals surface area contributed by atoms with Crippen LogP contribution < -0.4 is 10.2 Å². The number of para-hydroxylation sites is 1. The zero-order valence-corrected chi connectivity index (χ0v) is 13.3. The van der Waals surface area contributed by atoms with Crippen molar-refractivity contribution in [2.45, 2.75) is 0 Å². The summed E-state index contributed by atoms with van der Waals surface area (Å²) in [5, 5.41) is 3.43. The fourth-order valence-electron chi connectivity index (χ4n) is 2.63. The van der Waals surface area contributed by atoms with E-state index in [1.165, 1.54) is 12.1 Å². The lowest BCUT2D eigenvalue weighted by atomic mass is 10.2. The van der Waals surface area contributed by atoms with Crippen molar-refractivity contribution in [3.8, 4) is 0 Å². The van der Waals surface area contributed by atoms with E-state index in [0.717, 1.165) is 5.69 Å². The molecule has 2 aromatic rings. The number of rotatable bonds is 2. The first-order valence-corrected chi connectivity index (χ1v) is 7.82. The van der Waals surface area contributed by atoms with Crippen LogP contribution in [-0.2, 0) is 0 Å². The highest BCUT2D eigenvalue weighted by Crippen LogP contribution is 2.26. The summed E-state index contributed by atoms with van der Waals surface area (Å²) in [7, 11) is 0. The van der Waals surface area contributed by atoms with Crippen molar-refractivity contribution in [2.24, 2.45) is 0 Å². The normalized spacial score (nSPS) is 14.7. The van der Waals surface area contributed by atoms with Crippen molar-refractivity contribution < 1.29 is 9.18 Å². The predicted octanol–water partition coefficient (Wildman–Crippen LogP) is 3.83. The molecule has 1 fully saturated rings. The smallest absolute Gasteiger partial charge is 0.321 e. The van der Waals surface area contributed by atoms with Gasteiger partial charge in [0.05, 0.1) is 10.7 Å². The van der Waals surface area contributed by atoms with E-state index in [1.807, 2.05) is 24.3 Å². The number of halogens is 2. The lowest BCUT2D eigenvalue weighted by Gasteiger charge is -2.36. The summed E-state index contributed by atoms with van der Waals surface area (Å²) in [6.07, 6.45) is 0. The van der Waals surface area contributed by atoms with Crippen LogP contribution in [0.1, 0.15) is 0 Å². The molecule has 1 aliphatic heterocycles.